The van der Waals surface area contributed by atoms with Crippen molar-refractivity contribution >= 4 is 15.7 Å². The molecule has 2 aromatic rings. The van der Waals surface area contributed by atoms with Gasteiger partial charge in [-0.15, -0.1) is 0 Å². The van der Waals surface area contributed by atoms with E-state index in [-0.39, 0.29) is 23.9 Å². The number of sulfone groups is 1. The summed E-state index contributed by atoms with van der Waals surface area (Å²) >= 11 is 0. The molecule has 1 aliphatic rings. The van der Waals surface area contributed by atoms with Crippen LogP contribution in [0.15, 0.2) is 54.6 Å². The molecule has 0 saturated carbocycles. The molecule has 0 bridgehead atoms. The number of amides is 1. The second kappa shape index (κ2) is 7.99. The van der Waals surface area contributed by atoms with Crippen molar-refractivity contribution in [3.05, 3.63) is 71.5 Å². The summed E-state index contributed by atoms with van der Waals surface area (Å²) in [7, 11) is -3.23. The summed E-state index contributed by atoms with van der Waals surface area (Å²) in [6.07, 6.45) is 1.14. The summed E-state index contributed by atoms with van der Waals surface area (Å²) in [5, 5.41) is -0.405. The number of nitrogens with zero attached hydrogens (tertiary/aromatic N) is 1. The van der Waals surface area contributed by atoms with E-state index < -0.39 is 15.1 Å². The van der Waals surface area contributed by atoms with Crippen molar-refractivity contribution in [2.45, 2.75) is 30.3 Å². The van der Waals surface area contributed by atoms with Gasteiger partial charge in [0.05, 0.1) is 17.4 Å². The monoisotopic (exact) mass is 375 g/mol. The summed E-state index contributed by atoms with van der Waals surface area (Å²) in [4.78, 5) is 14.1. The van der Waals surface area contributed by atoms with Crippen molar-refractivity contribution in [2.24, 2.45) is 0 Å². The van der Waals surface area contributed by atoms with Crippen LogP contribution in [0.2, 0.25) is 0 Å². The predicted octanol–water partition coefficient (Wildman–Crippen LogP) is 2.97. The molecule has 1 amide bonds. The fraction of sp³-hybridized carbons (Fsp3) is 0.350. The minimum absolute atomic E-state index is 0.0437. The van der Waals surface area contributed by atoms with Crippen LogP contribution in [-0.4, -0.2) is 37.6 Å². The maximum Gasteiger partial charge on any atom is 0.226 e. The molecule has 1 fully saturated rings. The third-order valence-corrected chi connectivity index (χ3v) is 7.00. The molecular weight excluding hydrogens is 353 g/mol. The van der Waals surface area contributed by atoms with Crippen LogP contribution in [0.3, 0.4) is 0 Å². The van der Waals surface area contributed by atoms with Gasteiger partial charge in [0, 0.05) is 13.1 Å². The number of halogens is 1. The Labute approximate surface area is 153 Å². The molecule has 26 heavy (non-hydrogen) atoms. The molecular formula is C20H22FNO3S. The molecule has 0 N–H and O–H groups in total. The van der Waals surface area contributed by atoms with Crippen LogP contribution in [0.1, 0.15) is 24.0 Å². The highest BCUT2D eigenvalue weighted by Gasteiger charge is 2.31. The molecule has 3 rings (SSSR count). The maximum atomic E-state index is 12.9. The lowest BCUT2D eigenvalue weighted by atomic mass is 10.1. The minimum atomic E-state index is -3.23. The first kappa shape index (κ1) is 18.6. The summed E-state index contributed by atoms with van der Waals surface area (Å²) in [5.41, 5.74) is 1.55. The van der Waals surface area contributed by atoms with Gasteiger partial charge in [-0.05, 0) is 36.1 Å². The Morgan fingerprint density at radius 2 is 1.58 bits per heavy atom. The zero-order chi connectivity index (χ0) is 18.6. The predicted molar refractivity (Wildman–Crippen MR) is 98.8 cm³/mol. The van der Waals surface area contributed by atoms with E-state index in [4.69, 9.17) is 0 Å². The molecule has 0 unspecified atom stereocenters. The van der Waals surface area contributed by atoms with Crippen LogP contribution in [0.25, 0.3) is 0 Å². The Bertz CT molecular complexity index is 842. The minimum Gasteiger partial charge on any atom is -0.342 e. The number of hydrogen-bond acceptors (Lipinski definition) is 3. The number of rotatable bonds is 5. The van der Waals surface area contributed by atoms with E-state index in [0.29, 0.717) is 25.9 Å². The van der Waals surface area contributed by atoms with E-state index in [1.807, 2.05) is 30.3 Å². The quantitative estimate of drug-likeness (QED) is 0.807. The molecule has 0 aromatic heterocycles. The van der Waals surface area contributed by atoms with Crippen LogP contribution in [-0.2, 0) is 26.8 Å². The van der Waals surface area contributed by atoms with E-state index >= 15 is 0 Å². The van der Waals surface area contributed by atoms with Crippen LogP contribution in [0.5, 0.6) is 0 Å². The van der Waals surface area contributed by atoms with Gasteiger partial charge in [0.15, 0.2) is 9.84 Å². The average molecular weight is 375 g/mol. The number of benzene rings is 2. The van der Waals surface area contributed by atoms with Gasteiger partial charge >= 0.3 is 0 Å². The second-order valence-electron chi connectivity index (χ2n) is 6.68. The van der Waals surface area contributed by atoms with Crippen LogP contribution in [0, 0.1) is 5.82 Å². The zero-order valence-electron chi connectivity index (χ0n) is 14.5. The maximum absolute atomic E-state index is 12.9. The van der Waals surface area contributed by atoms with Gasteiger partial charge in [0.25, 0.3) is 0 Å². The Kier molecular flexibility index (Phi) is 5.71. The topological polar surface area (TPSA) is 54.5 Å². The highest BCUT2D eigenvalue weighted by atomic mass is 32.2. The third-order valence-electron chi connectivity index (χ3n) is 4.78. The number of likely N-dealkylation sites (tertiary alicyclic amines) is 1. The molecule has 4 nitrogen and oxygen atoms in total. The van der Waals surface area contributed by atoms with Gasteiger partial charge in [-0.25, -0.2) is 12.8 Å². The number of piperidine rings is 1. The normalized spacial score (nSPS) is 15.8. The van der Waals surface area contributed by atoms with Gasteiger partial charge < -0.3 is 4.90 Å². The zero-order valence-corrected chi connectivity index (χ0v) is 15.3. The van der Waals surface area contributed by atoms with E-state index in [9.17, 15) is 17.6 Å². The third kappa shape index (κ3) is 4.69. The standard InChI is InChI=1S/C20H22FNO3S/c21-18-8-6-16(7-9-18)14-20(23)22-12-10-19(11-13-22)26(24,25)15-17-4-2-1-3-5-17/h1-9,19H,10-15H2. The van der Waals surface area contributed by atoms with Crippen LogP contribution < -0.4 is 0 Å². The number of carbonyl (C=O) groups is 1. The highest BCUT2D eigenvalue weighted by Crippen LogP contribution is 2.22. The Morgan fingerprint density at radius 1 is 0.962 bits per heavy atom. The van der Waals surface area contributed by atoms with Gasteiger partial charge in [-0.3, -0.25) is 4.79 Å². The number of hydrogen-bond donors (Lipinski definition) is 0. The first-order valence-corrected chi connectivity index (χ1v) is 10.4. The molecule has 6 heteroatoms. The molecule has 0 spiro atoms. The first-order valence-electron chi connectivity index (χ1n) is 8.72. The molecule has 0 atom stereocenters. The molecule has 1 saturated heterocycles. The molecule has 2 aromatic carbocycles. The van der Waals surface area contributed by atoms with E-state index in [1.54, 1.807) is 17.0 Å². The number of carbonyl (C=O) groups excluding carboxylic acids is 1. The lowest BCUT2D eigenvalue weighted by Crippen LogP contribution is -2.43. The molecule has 138 valence electrons. The Balaban J connectivity index is 1.54. The highest BCUT2D eigenvalue weighted by molar-refractivity contribution is 7.91. The second-order valence-corrected chi connectivity index (χ2v) is 8.96. The van der Waals surface area contributed by atoms with Crippen molar-refractivity contribution < 1.29 is 17.6 Å². The SMILES string of the molecule is O=C(Cc1ccc(F)cc1)N1CCC(S(=O)(=O)Cc2ccccc2)CC1. The molecule has 1 aliphatic heterocycles. The van der Waals surface area contributed by atoms with Gasteiger partial charge in [-0.1, -0.05) is 42.5 Å². The average Bonchev–Trinajstić information content (AvgIpc) is 2.64. The summed E-state index contributed by atoms with van der Waals surface area (Å²) in [6, 6.07) is 15.0. The van der Waals surface area contributed by atoms with Crippen molar-refractivity contribution in [3.63, 3.8) is 0 Å². The van der Waals surface area contributed by atoms with E-state index in [1.165, 1.54) is 12.1 Å². The molecule has 1 heterocycles. The molecule has 0 aliphatic carbocycles. The lowest BCUT2D eigenvalue weighted by molar-refractivity contribution is -0.131. The van der Waals surface area contributed by atoms with E-state index in [2.05, 4.69) is 0 Å². The van der Waals surface area contributed by atoms with Crippen molar-refractivity contribution in [3.8, 4) is 0 Å². The Hall–Kier alpha value is -2.21. The fourth-order valence-electron chi connectivity index (χ4n) is 3.28. The van der Waals surface area contributed by atoms with Gasteiger partial charge in [0.2, 0.25) is 5.91 Å². The lowest BCUT2D eigenvalue weighted by Gasteiger charge is -2.32. The largest absolute Gasteiger partial charge is 0.342 e. The summed E-state index contributed by atoms with van der Waals surface area (Å²) in [6.45, 7) is 0.886. The van der Waals surface area contributed by atoms with Crippen molar-refractivity contribution in [1.82, 2.24) is 4.90 Å². The summed E-state index contributed by atoms with van der Waals surface area (Å²) < 4.78 is 38.2. The van der Waals surface area contributed by atoms with Crippen LogP contribution in [0.4, 0.5) is 4.39 Å². The van der Waals surface area contributed by atoms with E-state index in [0.717, 1.165) is 11.1 Å². The Morgan fingerprint density at radius 3 is 2.19 bits per heavy atom. The van der Waals surface area contributed by atoms with Crippen molar-refractivity contribution in [2.75, 3.05) is 13.1 Å². The first-order chi connectivity index (χ1) is 12.4. The fourth-order valence-corrected chi connectivity index (χ4v) is 5.10. The smallest absolute Gasteiger partial charge is 0.226 e. The summed E-state index contributed by atoms with van der Waals surface area (Å²) in [5.74, 6) is -0.330. The molecule has 0 radical (unpaired) electrons. The van der Waals surface area contributed by atoms with Crippen molar-refractivity contribution in [1.29, 1.82) is 0 Å². The van der Waals surface area contributed by atoms with Gasteiger partial charge in [0.1, 0.15) is 5.82 Å². The van der Waals surface area contributed by atoms with Crippen LogP contribution >= 0.6 is 0 Å². The van der Waals surface area contributed by atoms with Gasteiger partial charge in [-0.2, -0.15) is 0 Å².